The van der Waals surface area contributed by atoms with Crippen LogP contribution in [0.3, 0.4) is 0 Å². The van der Waals surface area contributed by atoms with Gasteiger partial charge in [-0.25, -0.2) is 5.43 Å². The minimum absolute atomic E-state index is 0.146. The molecule has 0 unspecified atom stereocenters. The highest BCUT2D eigenvalue weighted by atomic mass is 16.5. The summed E-state index contributed by atoms with van der Waals surface area (Å²) in [5, 5.41) is 5.28. The number of aromatic nitrogens is 1. The Balaban J connectivity index is 1.63. The number of amides is 1. The molecule has 0 atom stereocenters. The maximum Gasteiger partial charge on any atom is 0.244 e. The normalized spacial score (nSPS) is 11.2. The van der Waals surface area contributed by atoms with Crippen molar-refractivity contribution in [1.29, 1.82) is 0 Å². The Hall–Kier alpha value is -3.08. The summed E-state index contributed by atoms with van der Waals surface area (Å²) in [5.74, 6) is 0.663. The number of nitrogens with one attached hydrogen (secondary N) is 1. The third-order valence-corrected chi connectivity index (χ3v) is 4.28. The summed E-state index contributed by atoms with van der Waals surface area (Å²) in [7, 11) is 0. The van der Waals surface area contributed by atoms with Crippen LogP contribution in [-0.2, 0) is 17.8 Å². The molecule has 2 aromatic carbocycles. The minimum Gasteiger partial charge on any atom is -0.494 e. The highest BCUT2D eigenvalue weighted by Gasteiger charge is 2.06. The Bertz CT molecular complexity index is 926. The van der Waals surface area contributed by atoms with E-state index in [2.05, 4.69) is 40.3 Å². The van der Waals surface area contributed by atoms with Crippen molar-refractivity contribution in [2.45, 2.75) is 33.2 Å². The first-order chi connectivity index (χ1) is 13.2. The number of nitrogens with zero attached hydrogens (tertiary/aromatic N) is 2. The van der Waals surface area contributed by atoms with Crippen molar-refractivity contribution in [3.8, 4) is 5.75 Å². The quantitative estimate of drug-likeness (QED) is 0.483. The number of rotatable bonds is 8. The molecular formula is C22H25N3O2. The second-order valence-corrected chi connectivity index (χ2v) is 6.34. The molecular weight excluding hydrogens is 338 g/mol. The summed E-state index contributed by atoms with van der Waals surface area (Å²) in [5.41, 5.74) is 5.72. The van der Waals surface area contributed by atoms with Gasteiger partial charge in [0, 0.05) is 29.2 Å². The smallest absolute Gasteiger partial charge is 0.244 e. The molecule has 140 valence electrons. The Morgan fingerprint density at radius 1 is 1.15 bits per heavy atom. The fourth-order valence-corrected chi connectivity index (χ4v) is 3.07. The summed E-state index contributed by atoms with van der Waals surface area (Å²) < 4.78 is 7.63. The number of para-hydroxylation sites is 1. The van der Waals surface area contributed by atoms with Crippen molar-refractivity contribution in [3.05, 3.63) is 65.9 Å². The Morgan fingerprint density at radius 2 is 1.93 bits per heavy atom. The average molecular weight is 363 g/mol. The van der Waals surface area contributed by atoms with E-state index in [1.807, 2.05) is 43.3 Å². The molecule has 0 saturated carbocycles. The van der Waals surface area contributed by atoms with E-state index in [1.54, 1.807) is 6.21 Å². The van der Waals surface area contributed by atoms with E-state index >= 15 is 0 Å². The third-order valence-electron chi connectivity index (χ3n) is 4.28. The first-order valence-electron chi connectivity index (χ1n) is 9.32. The molecule has 1 amide bonds. The first-order valence-corrected chi connectivity index (χ1v) is 9.32. The van der Waals surface area contributed by atoms with E-state index in [0.717, 1.165) is 35.2 Å². The zero-order valence-electron chi connectivity index (χ0n) is 15.8. The van der Waals surface area contributed by atoms with Gasteiger partial charge in [-0.3, -0.25) is 4.79 Å². The molecule has 5 nitrogen and oxygen atoms in total. The zero-order valence-corrected chi connectivity index (χ0v) is 15.8. The molecule has 5 heteroatoms. The summed E-state index contributed by atoms with van der Waals surface area (Å²) in [6, 6.07) is 15.8. The Labute approximate surface area is 159 Å². The highest BCUT2D eigenvalue weighted by Crippen LogP contribution is 2.20. The number of hydrogen-bond donors (Lipinski definition) is 1. The Kier molecular flexibility index (Phi) is 6.26. The van der Waals surface area contributed by atoms with Crippen LogP contribution >= 0.6 is 0 Å². The molecule has 0 spiro atoms. The number of aryl methyl sites for hydroxylation is 1. The number of fused-ring (bicyclic) bond motifs is 1. The van der Waals surface area contributed by atoms with Crippen molar-refractivity contribution in [3.63, 3.8) is 0 Å². The fourth-order valence-electron chi connectivity index (χ4n) is 3.07. The number of hydrazone groups is 1. The van der Waals surface area contributed by atoms with Gasteiger partial charge in [0.1, 0.15) is 5.75 Å². The summed E-state index contributed by atoms with van der Waals surface area (Å²) in [4.78, 5) is 12.1. The van der Waals surface area contributed by atoms with Gasteiger partial charge in [0.05, 0.1) is 19.2 Å². The molecule has 0 aliphatic heterocycles. The van der Waals surface area contributed by atoms with Crippen molar-refractivity contribution in [2.75, 3.05) is 6.61 Å². The molecule has 0 bridgehead atoms. The molecule has 0 aliphatic rings. The van der Waals surface area contributed by atoms with Crippen LogP contribution in [0.5, 0.6) is 5.75 Å². The lowest BCUT2D eigenvalue weighted by atomic mass is 10.1. The van der Waals surface area contributed by atoms with E-state index in [9.17, 15) is 4.79 Å². The van der Waals surface area contributed by atoms with Crippen LogP contribution in [0.25, 0.3) is 10.9 Å². The molecule has 0 fully saturated rings. The van der Waals surface area contributed by atoms with Gasteiger partial charge in [-0.2, -0.15) is 5.10 Å². The number of hydrogen-bond acceptors (Lipinski definition) is 3. The summed E-state index contributed by atoms with van der Waals surface area (Å²) in [6.45, 7) is 5.68. The van der Waals surface area contributed by atoms with E-state index < -0.39 is 0 Å². The van der Waals surface area contributed by atoms with Gasteiger partial charge in [-0.05, 0) is 37.1 Å². The molecule has 3 rings (SSSR count). The van der Waals surface area contributed by atoms with Gasteiger partial charge in [0.25, 0.3) is 0 Å². The SMILES string of the molecule is CCCn1cc(/C=N\NC(=O)Cc2ccc(OCC)cc2)c2ccccc21. The predicted molar refractivity (Wildman–Crippen MR) is 109 cm³/mol. The van der Waals surface area contributed by atoms with Crippen molar-refractivity contribution >= 4 is 23.0 Å². The van der Waals surface area contributed by atoms with Crippen molar-refractivity contribution in [2.24, 2.45) is 5.10 Å². The fraction of sp³-hybridized carbons (Fsp3) is 0.273. The van der Waals surface area contributed by atoms with Crippen molar-refractivity contribution in [1.82, 2.24) is 9.99 Å². The topological polar surface area (TPSA) is 55.6 Å². The molecule has 3 aromatic rings. The first kappa shape index (κ1) is 18.7. The maximum absolute atomic E-state index is 12.1. The summed E-state index contributed by atoms with van der Waals surface area (Å²) >= 11 is 0. The third kappa shape index (κ3) is 4.76. The standard InChI is InChI=1S/C22H25N3O2/c1-3-13-25-16-18(20-7-5-6-8-21(20)25)15-23-24-22(26)14-17-9-11-19(12-10-17)27-4-2/h5-12,15-16H,3-4,13-14H2,1-2H3,(H,24,26)/b23-15-. The second kappa shape index (κ2) is 9.03. The number of carbonyl (C=O) groups is 1. The average Bonchev–Trinajstić information content (AvgIpc) is 3.02. The zero-order chi connectivity index (χ0) is 19.1. The van der Waals surface area contributed by atoms with Gasteiger partial charge >= 0.3 is 0 Å². The molecule has 0 saturated heterocycles. The monoisotopic (exact) mass is 363 g/mol. The van der Waals surface area contributed by atoms with E-state index in [1.165, 1.54) is 5.52 Å². The van der Waals surface area contributed by atoms with Crippen LogP contribution in [0.4, 0.5) is 0 Å². The lowest BCUT2D eigenvalue weighted by Crippen LogP contribution is -2.19. The molecule has 1 N–H and O–H groups in total. The largest absolute Gasteiger partial charge is 0.494 e. The van der Waals surface area contributed by atoms with Crippen LogP contribution < -0.4 is 10.2 Å². The maximum atomic E-state index is 12.1. The van der Waals surface area contributed by atoms with Crippen molar-refractivity contribution < 1.29 is 9.53 Å². The van der Waals surface area contributed by atoms with E-state index in [4.69, 9.17) is 4.74 Å². The predicted octanol–water partition coefficient (Wildman–Crippen LogP) is 4.14. The van der Waals surface area contributed by atoms with Gasteiger partial charge in [-0.1, -0.05) is 37.3 Å². The van der Waals surface area contributed by atoms with Crippen LogP contribution in [0.2, 0.25) is 0 Å². The van der Waals surface area contributed by atoms with Gasteiger partial charge in [-0.15, -0.1) is 0 Å². The molecule has 0 radical (unpaired) electrons. The van der Waals surface area contributed by atoms with Gasteiger partial charge in [0.2, 0.25) is 5.91 Å². The second-order valence-electron chi connectivity index (χ2n) is 6.34. The molecule has 0 aliphatic carbocycles. The van der Waals surface area contributed by atoms with Crippen LogP contribution in [0, 0.1) is 0 Å². The van der Waals surface area contributed by atoms with Crippen LogP contribution in [0.15, 0.2) is 59.8 Å². The number of benzene rings is 2. The lowest BCUT2D eigenvalue weighted by molar-refractivity contribution is -0.120. The summed E-state index contributed by atoms with van der Waals surface area (Å²) in [6.07, 6.45) is 5.14. The molecule has 27 heavy (non-hydrogen) atoms. The van der Waals surface area contributed by atoms with Gasteiger partial charge in [0.15, 0.2) is 0 Å². The lowest BCUT2D eigenvalue weighted by Gasteiger charge is -2.04. The Morgan fingerprint density at radius 3 is 2.67 bits per heavy atom. The van der Waals surface area contributed by atoms with E-state index in [0.29, 0.717) is 6.61 Å². The minimum atomic E-state index is -0.146. The number of ether oxygens (including phenoxy) is 1. The highest BCUT2D eigenvalue weighted by molar-refractivity contribution is 5.99. The van der Waals surface area contributed by atoms with E-state index in [-0.39, 0.29) is 12.3 Å². The van der Waals surface area contributed by atoms with Gasteiger partial charge < -0.3 is 9.30 Å². The molecule has 1 heterocycles. The molecule has 1 aromatic heterocycles. The van der Waals surface area contributed by atoms with Crippen LogP contribution in [-0.4, -0.2) is 23.3 Å². The van der Waals surface area contributed by atoms with Crippen LogP contribution in [0.1, 0.15) is 31.4 Å². The number of carbonyl (C=O) groups excluding carboxylic acids is 1.